The summed E-state index contributed by atoms with van der Waals surface area (Å²) in [5.41, 5.74) is -2.13. The van der Waals surface area contributed by atoms with E-state index in [1.165, 1.54) is 6.92 Å². The molecule has 8 heteroatoms. The summed E-state index contributed by atoms with van der Waals surface area (Å²) in [6.07, 6.45) is -4.11. The molecule has 5 nitrogen and oxygen atoms in total. The van der Waals surface area contributed by atoms with Crippen LogP contribution >= 0.6 is 0 Å². The van der Waals surface area contributed by atoms with Crippen LogP contribution in [0.25, 0.3) is 0 Å². The molecule has 0 saturated heterocycles. The van der Waals surface area contributed by atoms with Gasteiger partial charge in [0.25, 0.3) is 0 Å². The molecule has 0 radical (unpaired) electrons. The van der Waals surface area contributed by atoms with E-state index in [2.05, 4.69) is 9.47 Å². The number of methoxy groups -OCH3 is 2. The summed E-state index contributed by atoms with van der Waals surface area (Å²) in [5, 5.41) is 0. The second-order valence-electron chi connectivity index (χ2n) is 6.09. The highest BCUT2D eigenvalue weighted by Gasteiger charge is 2.41. The molecule has 0 aliphatic heterocycles. The Balaban J connectivity index is 2.24. The standard InChI is InChI=1S/C22H21F3O5/c1-15(20(22(23,24)25)19(14-27-2)21(26)28-3)13-29-17-10-7-11-18(12-17)30-16-8-5-4-6-9-16/h4-12,14H,13H2,1-3H3/b19-14+,20-15+. The molecule has 0 fully saturated rings. The second kappa shape index (κ2) is 10.4. The van der Waals surface area contributed by atoms with Crippen molar-refractivity contribution in [2.24, 2.45) is 0 Å². The Morgan fingerprint density at radius 3 is 2.20 bits per heavy atom. The van der Waals surface area contributed by atoms with Gasteiger partial charge in [-0.1, -0.05) is 24.3 Å². The Hall–Kier alpha value is -3.42. The summed E-state index contributed by atoms with van der Waals surface area (Å²) < 4.78 is 61.2. The van der Waals surface area contributed by atoms with Gasteiger partial charge in [0, 0.05) is 6.07 Å². The average molecular weight is 422 g/mol. The molecule has 0 amide bonds. The third-order valence-corrected chi connectivity index (χ3v) is 3.86. The Morgan fingerprint density at radius 2 is 1.60 bits per heavy atom. The molecule has 0 bridgehead atoms. The van der Waals surface area contributed by atoms with Crippen LogP contribution in [0.4, 0.5) is 13.2 Å². The summed E-state index contributed by atoms with van der Waals surface area (Å²) in [6.45, 7) is 0.807. The van der Waals surface area contributed by atoms with E-state index >= 15 is 0 Å². The van der Waals surface area contributed by atoms with Crippen LogP contribution in [0.1, 0.15) is 6.92 Å². The molecule has 0 N–H and O–H groups in total. The maximum Gasteiger partial charge on any atom is 0.417 e. The summed E-state index contributed by atoms with van der Waals surface area (Å²) >= 11 is 0. The van der Waals surface area contributed by atoms with Crippen LogP contribution in [-0.4, -0.2) is 33.0 Å². The normalized spacial score (nSPS) is 12.7. The van der Waals surface area contributed by atoms with Crippen molar-refractivity contribution in [3.63, 3.8) is 0 Å². The average Bonchev–Trinajstić information content (AvgIpc) is 2.71. The van der Waals surface area contributed by atoms with Crippen molar-refractivity contribution in [2.45, 2.75) is 13.1 Å². The maximum atomic E-state index is 13.6. The van der Waals surface area contributed by atoms with Gasteiger partial charge in [-0.25, -0.2) is 4.79 Å². The van der Waals surface area contributed by atoms with Crippen LogP contribution in [-0.2, 0) is 14.3 Å². The highest BCUT2D eigenvalue weighted by atomic mass is 19.4. The molecule has 0 heterocycles. The zero-order chi connectivity index (χ0) is 22.1. The number of alkyl halides is 3. The van der Waals surface area contributed by atoms with Gasteiger partial charge in [0.15, 0.2) is 0 Å². The van der Waals surface area contributed by atoms with Crippen molar-refractivity contribution < 1.29 is 36.9 Å². The van der Waals surface area contributed by atoms with Crippen LogP contribution in [0.2, 0.25) is 0 Å². The lowest BCUT2D eigenvalue weighted by atomic mass is 10.0. The van der Waals surface area contributed by atoms with Crippen LogP contribution in [0, 0.1) is 0 Å². The van der Waals surface area contributed by atoms with Crippen molar-refractivity contribution in [1.29, 1.82) is 0 Å². The predicted molar refractivity (Wildman–Crippen MR) is 104 cm³/mol. The van der Waals surface area contributed by atoms with Crippen molar-refractivity contribution in [2.75, 3.05) is 20.8 Å². The summed E-state index contributed by atoms with van der Waals surface area (Å²) in [6, 6.07) is 15.5. The number of hydrogen-bond donors (Lipinski definition) is 0. The van der Waals surface area contributed by atoms with Crippen molar-refractivity contribution >= 4 is 5.97 Å². The molecule has 2 rings (SSSR count). The van der Waals surface area contributed by atoms with Gasteiger partial charge in [0.1, 0.15) is 29.4 Å². The molecule has 0 unspecified atom stereocenters. The second-order valence-corrected chi connectivity index (χ2v) is 6.09. The highest BCUT2D eigenvalue weighted by Crippen LogP contribution is 2.35. The smallest absolute Gasteiger partial charge is 0.417 e. The summed E-state index contributed by atoms with van der Waals surface area (Å²) in [5.74, 6) is 0.213. The van der Waals surface area contributed by atoms with E-state index in [-0.39, 0.29) is 5.57 Å². The Labute approximate surface area is 172 Å². The number of hydrogen-bond acceptors (Lipinski definition) is 5. The zero-order valence-corrected chi connectivity index (χ0v) is 16.7. The number of ether oxygens (including phenoxy) is 4. The number of benzene rings is 2. The molecule has 0 saturated carbocycles. The van der Waals surface area contributed by atoms with Gasteiger partial charge < -0.3 is 18.9 Å². The van der Waals surface area contributed by atoms with E-state index in [0.29, 0.717) is 23.5 Å². The first-order valence-electron chi connectivity index (χ1n) is 8.80. The SMILES string of the molecule is CO/C=C(C(=O)OC)\C(=C(\C)COc1cccc(Oc2ccccc2)c1)C(F)(F)F. The van der Waals surface area contributed by atoms with Crippen LogP contribution in [0.15, 0.2) is 77.6 Å². The first kappa shape index (κ1) is 22.9. The monoisotopic (exact) mass is 422 g/mol. The predicted octanol–water partition coefficient (Wildman–Crippen LogP) is 5.44. The van der Waals surface area contributed by atoms with E-state index in [1.807, 2.05) is 18.2 Å². The molecule has 2 aromatic rings. The number of carbonyl (C=O) groups is 1. The Kier molecular flexibility index (Phi) is 7.91. The molecule has 2 aromatic carbocycles. The van der Waals surface area contributed by atoms with Crippen LogP contribution in [0.5, 0.6) is 17.2 Å². The van der Waals surface area contributed by atoms with Gasteiger partial charge in [-0.05, 0) is 36.8 Å². The van der Waals surface area contributed by atoms with Gasteiger partial charge in [-0.3, -0.25) is 0 Å². The van der Waals surface area contributed by atoms with Crippen LogP contribution in [0.3, 0.4) is 0 Å². The van der Waals surface area contributed by atoms with E-state index < -0.39 is 29.9 Å². The topological polar surface area (TPSA) is 54.0 Å². The zero-order valence-electron chi connectivity index (χ0n) is 16.7. The number of esters is 1. The molecule has 0 atom stereocenters. The number of para-hydroxylation sites is 1. The molecule has 0 aromatic heterocycles. The minimum Gasteiger partial charge on any atom is -0.503 e. The van der Waals surface area contributed by atoms with Gasteiger partial charge in [-0.15, -0.1) is 0 Å². The van der Waals surface area contributed by atoms with Crippen molar-refractivity contribution in [1.82, 2.24) is 0 Å². The lowest BCUT2D eigenvalue weighted by Gasteiger charge is -2.18. The Morgan fingerprint density at radius 1 is 0.967 bits per heavy atom. The fourth-order valence-electron chi connectivity index (χ4n) is 2.58. The largest absolute Gasteiger partial charge is 0.503 e. The fraction of sp³-hybridized carbons (Fsp3) is 0.227. The molecular weight excluding hydrogens is 401 g/mol. The minimum absolute atomic E-state index is 0.217. The van der Waals surface area contributed by atoms with E-state index in [9.17, 15) is 18.0 Å². The van der Waals surface area contributed by atoms with Gasteiger partial charge in [-0.2, -0.15) is 13.2 Å². The third-order valence-electron chi connectivity index (χ3n) is 3.86. The number of rotatable bonds is 8. The van der Waals surface area contributed by atoms with Crippen LogP contribution < -0.4 is 9.47 Å². The van der Waals surface area contributed by atoms with Crippen molar-refractivity contribution in [3.05, 3.63) is 77.6 Å². The molecule has 160 valence electrons. The summed E-state index contributed by atoms with van der Waals surface area (Å²) in [7, 11) is 2.13. The lowest BCUT2D eigenvalue weighted by Crippen LogP contribution is -2.23. The maximum absolute atomic E-state index is 13.6. The van der Waals surface area contributed by atoms with E-state index in [1.54, 1.807) is 36.4 Å². The molecular formula is C22H21F3O5. The fourth-order valence-corrected chi connectivity index (χ4v) is 2.58. The van der Waals surface area contributed by atoms with Crippen molar-refractivity contribution in [3.8, 4) is 17.2 Å². The van der Waals surface area contributed by atoms with E-state index in [4.69, 9.17) is 9.47 Å². The molecule has 0 aliphatic rings. The first-order chi connectivity index (χ1) is 14.3. The first-order valence-corrected chi connectivity index (χ1v) is 8.80. The quantitative estimate of drug-likeness (QED) is 0.245. The third kappa shape index (κ3) is 6.30. The minimum atomic E-state index is -4.82. The lowest BCUT2D eigenvalue weighted by molar-refractivity contribution is -0.138. The van der Waals surface area contributed by atoms with Gasteiger partial charge in [0.05, 0.1) is 26.1 Å². The molecule has 30 heavy (non-hydrogen) atoms. The van der Waals surface area contributed by atoms with Gasteiger partial charge >= 0.3 is 12.1 Å². The Bertz CT molecular complexity index is 918. The number of halogens is 3. The van der Waals surface area contributed by atoms with E-state index in [0.717, 1.165) is 14.2 Å². The summed E-state index contributed by atoms with van der Waals surface area (Å²) in [4.78, 5) is 11.8. The molecule has 0 spiro atoms. The molecule has 0 aliphatic carbocycles. The number of carbonyl (C=O) groups excluding carboxylic acids is 1. The van der Waals surface area contributed by atoms with Gasteiger partial charge in [0.2, 0.25) is 0 Å². The highest BCUT2D eigenvalue weighted by molar-refractivity contribution is 5.93.